The minimum Gasteiger partial charge on any atom is -0.461 e. The van der Waals surface area contributed by atoms with Crippen molar-refractivity contribution in [1.82, 2.24) is 5.32 Å². The first-order valence-corrected chi connectivity index (χ1v) is 8.28. The van der Waals surface area contributed by atoms with Gasteiger partial charge in [0.25, 0.3) is 0 Å². The highest BCUT2D eigenvalue weighted by Crippen LogP contribution is 2.29. The molecule has 2 unspecified atom stereocenters. The quantitative estimate of drug-likeness (QED) is 0.868. The summed E-state index contributed by atoms with van der Waals surface area (Å²) in [7, 11) is 0. The van der Waals surface area contributed by atoms with Gasteiger partial charge in [0.2, 0.25) is 0 Å². The van der Waals surface area contributed by atoms with Gasteiger partial charge in [-0.1, -0.05) is 37.6 Å². The Labute approximate surface area is 127 Å². The molecule has 3 atom stereocenters. The number of rotatable bonds is 3. The number of esters is 1. The Balaban J connectivity index is 1.61. The smallest absolute Gasteiger partial charge is 0.323 e. The molecule has 0 amide bonds. The number of carbonyl (C=O) groups excluding carboxylic acids is 1. The minimum absolute atomic E-state index is 0.0603. The van der Waals surface area contributed by atoms with Crippen LogP contribution in [0.2, 0.25) is 0 Å². The first-order chi connectivity index (χ1) is 10.3. The van der Waals surface area contributed by atoms with Crippen LogP contribution in [0.4, 0.5) is 0 Å². The highest BCUT2D eigenvalue weighted by Gasteiger charge is 2.31. The Morgan fingerprint density at radius 1 is 1.24 bits per heavy atom. The largest absolute Gasteiger partial charge is 0.461 e. The zero-order valence-corrected chi connectivity index (χ0v) is 12.8. The van der Waals surface area contributed by atoms with Crippen LogP contribution in [-0.2, 0) is 22.5 Å². The van der Waals surface area contributed by atoms with E-state index >= 15 is 0 Å². The molecule has 1 saturated carbocycles. The zero-order valence-electron chi connectivity index (χ0n) is 12.8. The molecule has 3 heteroatoms. The van der Waals surface area contributed by atoms with Crippen molar-refractivity contribution >= 4 is 5.97 Å². The summed E-state index contributed by atoms with van der Waals surface area (Å²) in [6.07, 6.45) is 6.70. The maximum atomic E-state index is 12.5. The first-order valence-electron chi connectivity index (χ1n) is 8.28. The average Bonchev–Trinajstić information content (AvgIpc) is 2.55. The molecule has 0 saturated heterocycles. The summed E-state index contributed by atoms with van der Waals surface area (Å²) in [6.45, 7) is 2.96. The van der Waals surface area contributed by atoms with E-state index in [2.05, 4.69) is 24.4 Å². The second kappa shape index (κ2) is 6.61. The van der Waals surface area contributed by atoms with E-state index in [1.807, 2.05) is 12.1 Å². The number of ether oxygens (including phenoxy) is 1. The summed E-state index contributed by atoms with van der Waals surface area (Å²) in [4.78, 5) is 12.5. The molecule has 0 radical (unpaired) electrons. The van der Waals surface area contributed by atoms with Crippen LogP contribution in [0.5, 0.6) is 0 Å². The lowest BCUT2D eigenvalue weighted by Gasteiger charge is -2.32. The Hall–Kier alpha value is -1.35. The van der Waals surface area contributed by atoms with Crippen LogP contribution in [0.1, 0.15) is 50.2 Å². The standard InChI is InChI=1S/C18H25NO2/c1-2-13-7-5-6-10-17(13)21-18(20)16-11-14-8-3-4-9-15(14)12-19-16/h3-4,8-9,13,16-17,19H,2,5-7,10-12H2,1H3/t13?,16-,17?/m1/s1. The van der Waals surface area contributed by atoms with Gasteiger partial charge < -0.3 is 10.1 Å². The minimum atomic E-state index is -0.181. The fraction of sp³-hybridized carbons (Fsp3) is 0.611. The Kier molecular flexibility index (Phi) is 4.59. The normalized spacial score (nSPS) is 28.7. The van der Waals surface area contributed by atoms with Gasteiger partial charge in [-0.05, 0) is 49.1 Å². The third-order valence-electron chi connectivity index (χ3n) is 5.00. The van der Waals surface area contributed by atoms with Crippen molar-refractivity contribution in [2.24, 2.45) is 5.92 Å². The van der Waals surface area contributed by atoms with E-state index in [-0.39, 0.29) is 18.1 Å². The van der Waals surface area contributed by atoms with Gasteiger partial charge in [0.1, 0.15) is 12.1 Å². The Morgan fingerprint density at radius 3 is 2.81 bits per heavy atom. The van der Waals surface area contributed by atoms with Gasteiger partial charge in [0.15, 0.2) is 0 Å². The van der Waals surface area contributed by atoms with E-state index in [0.717, 1.165) is 25.8 Å². The molecule has 0 spiro atoms. The van der Waals surface area contributed by atoms with E-state index < -0.39 is 0 Å². The number of carbonyl (C=O) groups is 1. The number of nitrogens with one attached hydrogen (secondary N) is 1. The maximum Gasteiger partial charge on any atom is 0.323 e. The van der Waals surface area contributed by atoms with Crippen molar-refractivity contribution in [2.45, 2.75) is 64.1 Å². The highest BCUT2D eigenvalue weighted by molar-refractivity contribution is 5.77. The van der Waals surface area contributed by atoms with Crippen LogP contribution in [0.3, 0.4) is 0 Å². The summed E-state index contributed by atoms with van der Waals surface area (Å²) < 4.78 is 5.85. The van der Waals surface area contributed by atoms with Crippen molar-refractivity contribution < 1.29 is 9.53 Å². The summed E-state index contributed by atoms with van der Waals surface area (Å²) in [6, 6.07) is 8.15. The highest BCUT2D eigenvalue weighted by atomic mass is 16.5. The lowest BCUT2D eigenvalue weighted by Crippen LogP contribution is -2.45. The molecule has 1 N–H and O–H groups in total. The van der Waals surface area contributed by atoms with E-state index in [0.29, 0.717) is 5.92 Å². The van der Waals surface area contributed by atoms with E-state index in [9.17, 15) is 4.79 Å². The van der Waals surface area contributed by atoms with Crippen LogP contribution in [0.15, 0.2) is 24.3 Å². The molecule has 0 aromatic heterocycles. The number of hydrogen-bond donors (Lipinski definition) is 1. The predicted octanol–water partition coefficient (Wildman–Crippen LogP) is 3.21. The van der Waals surface area contributed by atoms with Crippen LogP contribution in [0.25, 0.3) is 0 Å². The Bertz CT molecular complexity index is 500. The molecule has 2 aliphatic rings. The van der Waals surface area contributed by atoms with Crippen molar-refractivity contribution in [3.63, 3.8) is 0 Å². The SMILES string of the molecule is CCC1CCCCC1OC(=O)[C@H]1Cc2ccccc2CN1. The van der Waals surface area contributed by atoms with Crippen LogP contribution in [0, 0.1) is 5.92 Å². The number of fused-ring (bicyclic) bond motifs is 1. The molecule has 1 aromatic rings. The summed E-state index contributed by atoms with van der Waals surface area (Å²) in [5.41, 5.74) is 2.57. The summed E-state index contributed by atoms with van der Waals surface area (Å²) >= 11 is 0. The fourth-order valence-corrected chi connectivity index (χ4v) is 3.65. The second-order valence-electron chi connectivity index (χ2n) is 6.33. The second-order valence-corrected chi connectivity index (χ2v) is 6.33. The third-order valence-corrected chi connectivity index (χ3v) is 5.00. The lowest BCUT2D eigenvalue weighted by atomic mass is 9.84. The molecule has 0 bridgehead atoms. The summed E-state index contributed by atoms with van der Waals surface area (Å²) in [5, 5.41) is 3.32. The lowest BCUT2D eigenvalue weighted by molar-refractivity contribution is -0.156. The topological polar surface area (TPSA) is 38.3 Å². The molecule has 1 fully saturated rings. The van der Waals surface area contributed by atoms with Crippen molar-refractivity contribution in [2.75, 3.05) is 0 Å². The van der Waals surface area contributed by atoms with Gasteiger partial charge in [-0.15, -0.1) is 0 Å². The number of benzene rings is 1. The van der Waals surface area contributed by atoms with E-state index in [1.54, 1.807) is 0 Å². The summed E-state index contributed by atoms with van der Waals surface area (Å²) in [5.74, 6) is 0.494. The van der Waals surface area contributed by atoms with Crippen molar-refractivity contribution in [3.05, 3.63) is 35.4 Å². The van der Waals surface area contributed by atoms with Gasteiger partial charge >= 0.3 is 5.97 Å². The molecule has 21 heavy (non-hydrogen) atoms. The van der Waals surface area contributed by atoms with Crippen LogP contribution >= 0.6 is 0 Å². The predicted molar refractivity (Wildman–Crippen MR) is 82.9 cm³/mol. The zero-order chi connectivity index (χ0) is 14.7. The molecular weight excluding hydrogens is 262 g/mol. The molecule has 1 aromatic carbocycles. The van der Waals surface area contributed by atoms with Crippen molar-refractivity contribution in [1.29, 1.82) is 0 Å². The van der Waals surface area contributed by atoms with Crippen LogP contribution in [-0.4, -0.2) is 18.1 Å². The maximum absolute atomic E-state index is 12.5. The van der Waals surface area contributed by atoms with Gasteiger partial charge in [-0.2, -0.15) is 0 Å². The molecule has 3 nitrogen and oxygen atoms in total. The monoisotopic (exact) mass is 287 g/mol. The van der Waals surface area contributed by atoms with Gasteiger partial charge in [-0.25, -0.2) is 0 Å². The van der Waals surface area contributed by atoms with Gasteiger partial charge in [0.05, 0.1) is 0 Å². The number of hydrogen-bond acceptors (Lipinski definition) is 3. The van der Waals surface area contributed by atoms with Gasteiger partial charge in [-0.3, -0.25) is 4.79 Å². The molecule has 3 rings (SSSR count). The molecule has 114 valence electrons. The average molecular weight is 287 g/mol. The third kappa shape index (κ3) is 3.29. The van der Waals surface area contributed by atoms with E-state index in [4.69, 9.17) is 4.74 Å². The van der Waals surface area contributed by atoms with E-state index in [1.165, 1.54) is 30.4 Å². The fourth-order valence-electron chi connectivity index (χ4n) is 3.65. The molecular formula is C18H25NO2. The molecule has 1 heterocycles. The first kappa shape index (κ1) is 14.6. The van der Waals surface area contributed by atoms with Gasteiger partial charge in [0, 0.05) is 6.54 Å². The molecule has 1 aliphatic carbocycles. The molecule has 1 aliphatic heterocycles. The van der Waals surface area contributed by atoms with Crippen molar-refractivity contribution in [3.8, 4) is 0 Å². The Morgan fingerprint density at radius 2 is 2.00 bits per heavy atom. The van der Waals surface area contributed by atoms with Crippen LogP contribution < -0.4 is 5.32 Å².